The van der Waals surface area contributed by atoms with Gasteiger partial charge < -0.3 is 20.5 Å². The van der Waals surface area contributed by atoms with Crippen LogP contribution in [0.15, 0.2) is 237 Å². The number of fused-ring (bicyclic) bond motifs is 3. The molecule has 0 saturated carbocycles. The molecule has 0 radical (unpaired) electrons. The number of hydrogen-bond donors (Lipinski definition) is 3. The fraction of sp³-hybridized carbons (Fsp3) is 0.230. The molecule has 2 amide bonds. The Bertz CT molecular complexity index is 4550. The zero-order valence-electron chi connectivity index (χ0n) is 54.9. The fourth-order valence-electron chi connectivity index (χ4n) is 12.1. The van der Waals surface area contributed by atoms with Crippen LogP contribution in [0.3, 0.4) is 0 Å². The van der Waals surface area contributed by atoms with Crippen molar-refractivity contribution >= 4 is 85.2 Å². The summed E-state index contributed by atoms with van der Waals surface area (Å²) in [5, 5.41) is 44.8. The Hall–Kier alpha value is -10.7. The van der Waals surface area contributed by atoms with Crippen LogP contribution in [0.5, 0.6) is 0 Å². The minimum atomic E-state index is -0.941. The number of thiazole rings is 2. The van der Waals surface area contributed by atoms with E-state index in [1.54, 1.807) is 57.5 Å². The first-order valence-corrected chi connectivity index (χ1v) is 33.1. The van der Waals surface area contributed by atoms with E-state index in [1.807, 2.05) is 224 Å². The summed E-state index contributed by atoms with van der Waals surface area (Å²) in [6, 6.07) is 55.0. The van der Waals surface area contributed by atoms with Gasteiger partial charge in [-0.05, 0) is 96.5 Å². The molecule has 494 valence electrons. The average molecular weight is 1350 g/mol. The van der Waals surface area contributed by atoms with E-state index in [1.165, 1.54) is 29.8 Å². The second-order valence-corrected chi connectivity index (χ2v) is 27.4. The quantitative estimate of drug-likeness (QED) is 0.0533. The van der Waals surface area contributed by atoms with E-state index < -0.39 is 27.6 Å². The summed E-state index contributed by atoms with van der Waals surface area (Å²) in [7, 11) is 1.41. The number of carboxylic acid groups (broad SMARTS) is 1. The van der Waals surface area contributed by atoms with Crippen molar-refractivity contribution in [2.24, 2.45) is 21.7 Å². The van der Waals surface area contributed by atoms with E-state index in [2.05, 4.69) is 80.4 Å². The van der Waals surface area contributed by atoms with Crippen molar-refractivity contribution in [2.75, 3.05) is 17.7 Å². The van der Waals surface area contributed by atoms with Gasteiger partial charge in [0.2, 0.25) is 11.8 Å². The first-order chi connectivity index (χ1) is 46.6. The molecule has 4 atom stereocenters. The number of aliphatic carboxylic acids is 1. The second kappa shape index (κ2) is 30.4. The highest BCUT2D eigenvalue weighted by Gasteiger charge is 2.43. The van der Waals surface area contributed by atoms with Crippen molar-refractivity contribution < 1.29 is 29.0 Å². The number of esters is 1. The number of benzene rings is 4. The molecule has 0 bridgehead atoms. The molecule has 23 heteroatoms. The number of nitrogens with zero attached hydrogens (tertiary/aromatic N) is 12. The van der Waals surface area contributed by atoms with Crippen LogP contribution in [0.4, 0.5) is 10.3 Å². The molecule has 9 aromatic heterocycles. The van der Waals surface area contributed by atoms with Crippen LogP contribution in [-0.4, -0.2) is 94.7 Å². The lowest BCUT2D eigenvalue weighted by Crippen LogP contribution is -2.37. The summed E-state index contributed by atoms with van der Waals surface area (Å²) in [5.41, 5.74) is 7.26. The van der Waals surface area contributed by atoms with Crippen LogP contribution in [-0.2, 0) is 23.9 Å². The number of rotatable bonds is 18. The molecule has 0 fully saturated rings. The molecular weight excluding hydrogens is 1280 g/mol. The highest BCUT2D eigenvalue weighted by molar-refractivity contribution is 7.14. The number of carbonyl (C=O) groups excluding carboxylic acids is 3. The second-order valence-electron chi connectivity index (χ2n) is 25.2. The van der Waals surface area contributed by atoms with Crippen molar-refractivity contribution in [1.29, 1.82) is 0 Å². The summed E-state index contributed by atoms with van der Waals surface area (Å²) in [5.74, 6) is -1.95. The molecule has 97 heavy (non-hydrogen) atoms. The molecular formula is C74H73ClN14O6S2. The zero-order chi connectivity index (χ0) is 68.9. The van der Waals surface area contributed by atoms with E-state index in [-0.39, 0.29) is 41.5 Å². The van der Waals surface area contributed by atoms with Crippen LogP contribution in [0, 0.1) is 21.7 Å². The zero-order valence-corrected chi connectivity index (χ0v) is 57.3. The van der Waals surface area contributed by atoms with Crippen LogP contribution in [0.1, 0.15) is 124 Å². The largest absolute Gasteiger partial charge is 0.481 e. The molecule has 0 aliphatic carbocycles. The van der Waals surface area contributed by atoms with E-state index in [9.17, 15) is 24.3 Å². The van der Waals surface area contributed by atoms with Gasteiger partial charge in [-0.3, -0.25) is 32.4 Å². The third-order valence-electron chi connectivity index (χ3n) is 17.2. The maximum atomic E-state index is 13.2. The van der Waals surface area contributed by atoms with Gasteiger partial charge in [0.05, 0.1) is 28.8 Å². The monoisotopic (exact) mass is 1350 g/mol. The maximum absolute atomic E-state index is 13.2. The summed E-state index contributed by atoms with van der Waals surface area (Å²) < 4.78 is 10.5. The summed E-state index contributed by atoms with van der Waals surface area (Å²) in [4.78, 5) is 62.8. The molecule has 13 rings (SSSR count). The molecule has 0 aliphatic heterocycles. The Balaban J connectivity index is 0.000000141. The lowest BCUT2D eigenvalue weighted by atomic mass is 9.71. The SMILES string of the molecule is CC(C)(C(=O)Nc1nccs1)C(c1ccccc1)c1ccc2nncn2c1.CC(C)(C(=O)Nc1nccs1)C(c1ccccc1)c1ccc2nncn2c1.CC(C)(C(=O)O)C(c1ccccc1)c1ccc2nncn2c1.COC(=O)C(C)(C)C(c1ccccc1)c1ccc(Cl)nc1. The van der Waals surface area contributed by atoms with Gasteiger partial charge in [0, 0.05) is 71.6 Å². The minimum Gasteiger partial charge on any atom is -0.481 e. The highest BCUT2D eigenvalue weighted by atomic mass is 35.5. The van der Waals surface area contributed by atoms with Gasteiger partial charge in [0.25, 0.3) is 0 Å². The third-order valence-corrected chi connectivity index (χ3v) is 18.8. The maximum Gasteiger partial charge on any atom is 0.312 e. The Morgan fingerprint density at radius 1 is 0.433 bits per heavy atom. The Labute approximate surface area is 574 Å². The van der Waals surface area contributed by atoms with E-state index >= 15 is 0 Å². The van der Waals surface area contributed by atoms with Gasteiger partial charge in [-0.15, -0.1) is 53.3 Å². The summed E-state index contributed by atoms with van der Waals surface area (Å²) in [6.07, 6.45) is 15.9. The van der Waals surface area contributed by atoms with E-state index in [4.69, 9.17) is 16.3 Å². The molecule has 20 nitrogen and oxygen atoms in total. The molecule has 0 spiro atoms. The summed E-state index contributed by atoms with van der Waals surface area (Å²) >= 11 is 8.68. The first-order valence-electron chi connectivity index (χ1n) is 31.0. The topological polar surface area (TPSA) is 251 Å². The number of carboxylic acids is 1. The number of carbonyl (C=O) groups is 4. The molecule has 0 saturated heterocycles. The molecule has 4 unspecified atom stereocenters. The Morgan fingerprint density at radius 3 is 1.06 bits per heavy atom. The van der Waals surface area contributed by atoms with Crippen molar-refractivity contribution in [1.82, 2.24) is 58.7 Å². The van der Waals surface area contributed by atoms with Crippen LogP contribution >= 0.6 is 34.3 Å². The van der Waals surface area contributed by atoms with Gasteiger partial charge in [0.1, 0.15) is 24.1 Å². The van der Waals surface area contributed by atoms with Gasteiger partial charge in [0.15, 0.2) is 27.2 Å². The fourth-order valence-corrected chi connectivity index (χ4v) is 13.3. The number of aromatic nitrogens is 12. The highest BCUT2D eigenvalue weighted by Crippen LogP contribution is 2.46. The molecule has 9 heterocycles. The molecule has 0 aliphatic rings. The van der Waals surface area contributed by atoms with Gasteiger partial charge in [-0.25, -0.2) is 15.0 Å². The van der Waals surface area contributed by atoms with Crippen LogP contribution < -0.4 is 10.6 Å². The minimum absolute atomic E-state index is 0.0739. The number of hydrogen-bond acceptors (Lipinski definition) is 16. The van der Waals surface area contributed by atoms with Gasteiger partial charge >= 0.3 is 11.9 Å². The number of nitrogens with one attached hydrogen (secondary N) is 2. The third kappa shape index (κ3) is 16.0. The smallest absolute Gasteiger partial charge is 0.312 e. The predicted molar refractivity (Wildman–Crippen MR) is 378 cm³/mol. The van der Waals surface area contributed by atoms with Crippen molar-refractivity contribution in [3.05, 3.63) is 286 Å². The number of halogens is 1. The van der Waals surface area contributed by atoms with E-state index in [0.717, 1.165) is 61.4 Å². The summed E-state index contributed by atoms with van der Waals surface area (Å²) in [6.45, 7) is 15.1. The molecule has 13 aromatic rings. The number of methoxy groups -OCH3 is 1. The Morgan fingerprint density at radius 2 is 0.763 bits per heavy atom. The standard InChI is InChI=1S/2C20H19N5OS.C17H18ClNO2.C17H17N3O2/c2*1-20(2,18(26)23-19-21-10-11-27-19)17(14-6-4-3-5-7-14)15-8-9-16-24-22-13-25(16)12-15;1-17(2,16(20)21-3)15(12-7-5-4-6-8-12)13-9-10-14(18)19-11-13;1-17(2,16(21)22)15(12-6-4-3-5-7-12)13-8-9-14-19-18-11-20(14)10-13/h2*3-13,17H,1-2H3,(H,21,23,26);4-11,15H,1-3H3;3-11,15H,1-2H3,(H,21,22). The van der Waals surface area contributed by atoms with Crippen molar-refractivity contribution in [3.63, 3.8) is 0 Å². The Kier molecular flexibility index (Phi) is 21.7. The number of amides is 2. The molecule has 4 aromatic carbocycles. The first kappa shape index (κ1) is 69.2. The number of pyridine rings is 4. The van der Waals surface area contributed by atoms with E-state index in [0.29, 0.717) is 15.4 Å². The normalized spacial score (nSPS) is 12.9. The van der Waals surface area contributed by atoms with Gasteiger partial charge in [-0.1, -0.05) is 185 Å². The number of ether oxygens (including phenoxy) is 1. The van der Waals surface area contributed by atoms with Gasteiger partial charge in [-0.2, -0.15) is 0 Å². The van der Waals surface area contributed by atoms with Crippen molar-refractivity contribution in [2.45, 2.75) is 79.1 Å². The predicted octanol–water partition coefficient (Wildman–Crippen LogP) is 15.0. The van der Waals surface area contributed by atoms with Crippen molar-refractivity contribution in [3.8, 4) is 0 Å². The van der Waals surface area contributed by atoms with Crippen LogP contribution in [0.2, 0.25) is 5.15 Å². The average Bonchev–Trinajstić information content (AvgIpc) is 1.27. The molecule has 3 N–H and O–H groups in total. The lowest BCUT2D eigenvalue weighted by Gasteiger charge is -2.33. The number of anilines is 2. The van der Waals surface area contributed by atoms with Crippen LogP contribution in [0.25, 0.3) is 16.9 Å². The lowest BCUT2D eigenvalue weighted by molar-refractivity contribution is -0.151.